The molecule has 0 aliphatic rings. The molecule has 0 aliphatic heterocycles. The highest BCUT2D eigenvalue weighted by molar-refractivity contribution is 6.83. The van der Waals surface area contributed by atoms with E-state index in [0.29, 0.717) is 5.04 Å². The largest absolute Gasteiger partial charge is 0.398 e. The molecule has 0 saturated heterocycles. The minimum atomic E-state index is -1.98. The van der Waals surface area contributed by atoms with Crippen molar-refractivity contribution in [3.05, 3.63) is 30.3 Å². The normalized spacial score (nSPS) is 13.2. The van der Waals surface area contributed by atoms with Crippen LogP contribution in [0.25, 0.3) is 0 Å². The fourth-order valence-corrected chi connectivity index (χ4v) is 6.29. The molecule has 0 amide bonds. The molecule has 0 aliphatic carbocycles. The van der Waals surface area contributed by atoms with Crippen LogP contribution in [0.3, 0.4) is 0 Å². The molecule has 0 saturated carbocycles. The third-order valence-electron chi connectivity index (χ3n) is 5.45. The minimum absolute atomic E-state index is 0.312. The second-order valence-corrected chi connectivity index (χ2v) is 16.7. The van der Waals surface area contributed by atoms with E-state index < -0.39 is 16.8 Å². The zero-order valence-electron chi connectivity index (χ0n) is 16.3. The second kappa shape index (κ2) is 7.97. The van der Waals surface area contributed by atoms with Crippen LogP contribution in [0.4, 0.5) is 5.69 Å². The lowest BCUT2D eigenvalue weighted by molar-refractivity contribution is 0.249. The van der Waals surface area contributed by atoms with Gasteiger partial charge in [0.15, 0.2) is 8.24 Å². The monoisotopic (exact) mass is 353 g/mol. The Balaban J connectivity index is 2.95. The maximum absolute atomic E-state index is 5.64. The number of benzene rings is 1. The molecule has 3 nitrogen and oxygen atoms in total. The van der Waals surface area contributed by atoms with E-state index in [4.69, 9.17) is 8.85 Å². The number of hydrogen-bond acceptors (Lipinski definition) is 3. The molecular formula is C18H35NO2Si2. The average molecular weight is 354 g/mol. The third kappa shape index (κ3) is 5.17. The maximum Gasteiger partial charge on any atom is 0.334 e. The van der Waals surface area contributed by atoms with Crippen LogP contribution in [0.15, 0.2) is 30.3 Å². The van der Waals surface area contributed by atoms with Crippen molar-refractivity contribution in [2.24, 2.45) is 0 Å². The lowest BCUT2D eigenvalue weighted by Gasteiger charge is -2.47. The van der Waals surface area contributed by atoms with Gasteiger partial charge in [-0.3, -0.25) is 0 Å². The quantitative estimate of drug-likeness (QED) is 0.596. The molecule has 0 N–H and O–H groups in total. The van der Waals surface area contributed by atoms with E-state index in [9.17, 15) is 0 Å². The Morgan fingerprint density at radius 2 is 1.48 bits per heavy atom. The van der Waals surface area contributed by atoms with Gasteiger partial charge in [0.1, 0.15) is 0 Å². The Bertz CT molecular complexity index is 468. The zero-order chi connectivity index (χ0) is 17.7. The van der Waals surface area contributed by atoms with Gasteiger partial charge in [0.25, 0.3) is 0 Å². The first-order valence-electron chi connectivity index (χ1n) is 8.50. The van der Waals surface area contributed by atoms with Crippen molar-refractivity contribution in [2.75, 3.05) is 25.3 Å². The number of para-hydroxylation sites is 1. The van der Waals surface area contributed by atoms with Gasteiger partial charge in [-0.2, -0.15) is 0 Å². The summed E-state index contributed by atoms with van der Waals surface area (Å²) >= 11 is 0. The number of hydrogen-bond donors (Lipinski definition) is 0. The Morgan fingerprint density at radius 1 is 0.957 bits per heavy atom. The van der Waals surface area contributed by atoms with Crippen molar-refractivity contribution in [2.45, 2.75) is 57.9 Å². The molecule has 1 aromatic rings. The standard InChI is InChI=1S/C18H35NO2Si2/c1-18(2,3)22(6,7)19(17-13-10-9-11-14-17)15-12-16-23(8,20-4)21-5/h9-11,13-14H,12,15-16H2,1-8H3. The van der Waals surface area contributed by atoms with Crippen LogP contribution in [0.5, 0.6) is 0 Å². The van der Waals surface area contributed by atoms with Crippen molar-refractivity contribution in [3.63, 3.8) is 0 Å². The highest BCUT2D eigenvalue weighted by Gasteiger charge is 2.41. The molecule has 0 heterocycles. The zero-order valence-corrected chi connectivity index (χ0v) is 18.3. The number of anilines is 1. The summed E-state index contributed by atoms with van der Waals surface area (Å²) in [7, 11) is -0.0535. The maximum atomic E-state index is 5.64. The molecule has 0 aromatic heterocycles. The first-order valence-corrected chi connectivity index (χ1v) is 14.0. The summed E-state index contributed by atoms with van der Waals surface area (Å²) in [5.74, 6) is 0. The molecule has 132 valence electrons. The van der Waals surface area contributed by atoms with E-state index in [1.807, 2.05) is 0 Å². The van der Waals surface area contributed by atoms with E-state index in [1.54, 1.807) is 14.2 Å². The molecule has 5 heteroatoms. The first-order chi connectivity index (χ1) is 10.6. The molecule has 1 aromatic carbocycles. The number of rotatable bonds is 8. The topological polar surface area (TPSA) is 21.7 Å². The van der Waals surface area contributed by atoms with Gasteiger partial charge in [-0.05, 0) is 36.2 Å². The fraction of sp³-hybridized carbons (Fsp3) is 0.667. The lowest BCUT2D eigenvalue weighted by atomic mass is 10.2. The molecule has 0 fully saturated rings. The minimum Gasteiger partial charge on any atom is -0.398 e. The van der Waals surface area contributed by atoms with Gasteiger partial charge in [-0.1, -0.05) is 52.1 Å². The summed E-state index contributed by atoms with van der Waals surface area (Å²) in [4.78, 5) is 0. The molecule has 0 bridgehead atoms. The predicted octanol–water partition coefficient (Wildman–Crippen LogP) is 5.25. The average Bonchev–Trinajstić information content (AvgIpc) is 2.51. The molecule has 0 unspecified atom stereocenters. The van der Waals surface area contributed by atoms with Gasteiger partial charge in [-0.15, -0.1) is 0 Å². The smallest absolute Gasteiger partial charge is 0.334 e. The second-order valence-electron chi connectivity index (χ2n) is 7.94. The van der Waals surface area contributed by atoms with E-state index in [1.165, 1.54) is 5.69 Å². The van der Waals surface area contributed by atoms with Gasteiger partial charge < -0.3 is 13.4 Å². The summed E-state index contributed by atoms with van der Waals surface area (Å²) < 4.78 is 13.9. The third-order valence-corrected chi connectivity index (χ3v) is 13.9. The van der Waals surface area contributed by atoms with Crippen LogP contribution in [-0.2, 0) is 8.85 Å². The number of nitrogens with zero attached hydrogens (tertiary/aromatic N) is 1. The van der Waals surface area contributed by atoms with Gasteiger partial charge in [0, 0.05) is 26.5 Å². The molecule has 1 rings (SSSR count). The van der Waals surface area contributed by atoms with Crippen LogP contribution in [0, 0.1) is 0 Å². The summed E-state index contributed by atoms with van der Waals surface area (Å²) in [6.07, 6.45) is 1.10. The summed E-state index contributed by atoms with van der Waals surface area (Å²) in [5, 5.41) is 0.312. The van der Waals surface area contributed by atoms with Crippen molar-refractivity contribution in [1.29, 1.82) is 0 Å². The van der Waals surface area contributed by atoms with Crippen molar-refractivity contribution in [3.8, 4) is 0 Å². The Morgan fingerprint density at radius 3 is 1.91 bits per heavy atom. The molecule has 0 spiro atoms. The Labute approximate surface area is 145 Å². The first kappa shape index (κ1) is 20.4. The van der Waals surface area contributed by atoms with Gasteiger partial charge in [0.2, 0.25) is 0 Å². The van der Waals surface area contributed by atoms with Crippen molar-refractivity contribution >= 4 is 22.5 Å². The lowest BCUT2D eigenvalue weighted by Crippen LogP contribution is -2.56. The van der Waals surface area contributed by atoms with Crippen LogP contribution in [-0.4, -0.2) is 37.6 Å². The van der Waals surface area contributed by atoms with Crippen LogP contribution >= 0.6 is 0 Å². The van der Waals surface area contributed by atoms with Gasteiger partial charge in [-0.25, -0.2) is 0 Å². The molecular weight excluding hydrogens is 318 g/mol. The van der Waals surface area contributed by atoms with Crippen molar-refractivity contribution in [1.82, 2.24) is 0 Å². The molecule has 23 heavy (non-hydrogen) atoms. The molecule has 0 atom stereocenters. The van der Waals surface area contributed by atoms with Gasteiger partial charge >= 0.3 is 8.56 Å². The summed E-state index contributed by atoms with van der Waals surface area (Å²) in [5.41, 5.74) is 1.34. The fourth-order valence-electron chi connectivity index (χ4n) is 2.59. The highest BCUT2D eigenvalue weighted by Crippen LogP contribution is 2.40. The van der Waals surface area contributed by atoms with E-state index in [2.05, 4.69) is 75.3 Å². The van der Waals surface area contributed by atoms with Crippen LogP contribution in [0.1, 0.15) is 27.2 Å². The van der Waals surface area contributed by atoms with Crippen molar-refractivity contribution < 1.29 is 8.85 Å². The van der Waals surface area contributed by atoms with E-state index in [0.717, 1.165) is 19.0 Å². The van der Waals surface area contributed by atoms with Crippen LogP contribution in [0.2, 0.25) is 30.7 Å². The molecule has 0 radical (unpaired) electrons. The Hall–Kier alpha value is -0.626. The van der Waals surface area contributed by atoms with E-state index in [-0.39, 0.29) is 0 Å². The van der Waals surface area contributed by atoms with Crippen LogP contribution < -0.4 is 4.57 Å². The van der Waals surface area contributed by atoms with Gasteiger partial charge in [0.05, 0.1) is 0 Å². The summed E-state index contributed by atoms with van der Waals surface area (Å²) in [6, 6.07) is 11.9. The highest BCUT2D eigenvalue weighted by atomic mass is 28.4. The predicted molar refractivity (Wildman–Crippen MR) is 106 cm³/mol. The SMILES string of the molecule is CO[Si](C)(CCCN(c1ccccc1)[Si](C)(C)C(C)(C)C)OC. The summed E-state index contributed by atoms with van der Waals surface area (Å²) in [6.45, 7) is 15.3. The Kier molecular flexibility index (Phi) is 7.07. The van der Waals surface area contributed by atoms with E-state index >= 15 is 0 Å².